The smallest absolute Gasteiger partial charge is 0.253 e. The van der Waals surface area contributed by atoms with Crippen LogP contribution in [-0.2, 0) is 9.84 Å². The summed E-state index contributed by atoms with van der Waals surface area (Å²) >= 11 is 0. The number of hydrogen-bond donors (Lipinski definition) is 2. The summed E-state index contributed by atoms with van der Waals surface area (Å²) in [5.74, 6) is -0.179. The molecule has 7 heteroatoms. The van der Waals surface area contributed by atoms with Crippen molar-refractivity contribution in [2.24, 2.45) is 0 Å². The van der Waals surface area contributed by atoms with Crippen LogP contribution in [-0.4, -0.2) is 46.5 Å². The molecule has 0 aliphatic carbocycles. The van der Waals surface area contributed by atoms with Gasteiger partial charge in [0.25, 0.3) is 5.91 Å². The van der Waals surface area contributed by atoms with Crippen molar-refractivity contribution < 1.29 is 13.2 Å². The van der Waals surface area contributed by atoms with Crippen molar-refractivity contribution in [1.82, 2.24) is 5.32 Å². The Morgan fingerprint density at radius 1 is 1.40 bits per heavy atom. The lowest BCUT2D eigenvalue weighted by atomic mass is 10.1. The Bertz CT molecular complexity index is 585. The van der Waals surface area contributed by atoms with Crippen LogP contribution in [0.15, 0.2) is 18.2 Å². The van der Waals surface area contributed by atoms with Crippen molar-refractivity contribution in [3.63, 3.8) is 0 Å². The van der Waals surface area contributed by atoms with Gasteiger partial charge in [-0.25, -0.2) is 8.42 Å². The van der Waals surface area contributed by atoms with Crippen LogP contribution < -0.4 is 16.0 Å². The molecule has 0 radical (unpaired) electrons. The largest absolute Gasteiger partial charge is 0.399 e. The number of amides is 1. The quantitative estimate of drug-likeness (QED) is 0.746. The van der Waals surface area contributed by atoms with Crippen molar-refractivity contribution >= 4 is 27.1 Å². The molecule has 0 unspecified atom stereocenters. The highest BCUT2D eigenvalue weighted by Crippen LogP contribution is 2.22. The maximum absolute atomic E-state index is 12.0. The summed E-state index contributed by atoms with van der Waals surface area (Å²) in [6.07, 6.45) is 1.19. The van der Waals surface area contributed by atoms with Gasteiger partial charge in [0, 0.05) is 32.1 Å². The monoisotopic (exact) mass is 299 g/mol. The van der Waals surface area contributed by atoms with Crippen LogP contribution >= 0.6 is 0 Å². The first-order valence-corrected chi connectivity index (χ1v) is 8.37. The van der Waals surface area contributed by atoms with Gasteiger partial charge in [0.2, 0.25) is 0 Å². The summed E-state index contributed by atoms with van der Waals surface area (Å²) in [6, 6.07) is 4.97. The zero-order valence-electron chi connectivity index (χ0n) is 12.0. The van der Waals surface area contributed by atoms with Crippen molar-refractivity contribution in [3.05, 3.63) is 23.8 Å². The number of carbonyl (C=O) groups excluding carboxylic acids is 1. The highest BCUT2D eigenvalue weighted by Gasteiger charge is 2.15. The lowest BCUT2D eigenvalue weighted by molar-refractivity contribution is 0.0956. The van der Waals surface area contributed by atoms with Crippen LogP contribution in [0.4, 0.5) is 11.4 Å². The molecule has 0 heterocycles. The van der Waals surface area contributed by atoms with Gasteiger partial charge in [-0.15, -0.1) is 0 Å². The molecule has 1 aromatic carbocycles. The molecule has 0 spiro atoms. The minimum atomic E-state index is -3.05. The standard InChI is InChI=1S/C13H21N3O3S/c1-4-15-13(17)11-6-5-10(14)9-12(11)16(2)7-8-20(3,18)19/h5-6,9H,4,7-8,14H2,1-3H3,(H,15,17). The third-order valence-electron chi connectivity index (χ3n) is 2.81. The van der Waals surface area contributed by atoms with E-state index < -0.39 is 9.84 Å². The molecular formula is C13H21N3O3S. The van der Waals surface area contributed by atoms with E-state index in [1.807, 2.05) is 6.92 Å². The molecule has 1 amide bonds. The van der Waals surface area contributed by atoms with Crippen LogP contribution in [0.2, 0.25) is 0 Å². The summed E-state index contributed by atoms with van der Waals surface area (Å²) in [6.45, 7) is 2.66. The number of nitrogens with two attached hydrogens (primary N) is 1. The summed E-state index contributed by atoms with van der Waals surface area (Å²) in [5.41, 5.74) is 7.38. The first-order chi connectivity index (χ1) is 9.24. The minimum absolute atomic E-state index is 0.0210. The second-order valence-corrected chi connectivity index (χ2v) is 6.95. The molecule has 6 nitrogen and oxygen atoms in total. The number of sulfone groups is 1. The summed E-state index contributed by atoms with van der Waals surface area (Å²) in [7, 11) is -1.32. The SMILES string of the molecule is CCNC(=O)c1ccc(N)cc1N(C)CCS(C)(=O)=O. The van der Waals surface area contributed by atoms with E-state index in [2.05, 4.69) is 5.32 Å². The van der Waals surface area contributed by atoms with Crippen LogP contribution in [0.5, 0.6) is 0 Å². The van der Waals surface area contributed by atoms with Gasteiger partial charge < -0.3 is 16.0 Å². The van der Waals surface area contributed by atoms with Crippen molar-refractivity contribution in [2.45, 2.75) is 6.92 Å². The maximum Gasteiger partial charge on any atom is 0.253 e. The fraction of sp³-hybridized carbons (Fsp3) is 0.462. The van der Waals surface area contributed by atoms with Gasteiger partial charge in [-0.1, -0.05) is 0 Å². The fourth-order valence-corrected chi connectivity index (χ4v) is 2.34. The number of nitrogens with one attached hydrogen (secondary N) is 1. The normalized spacial score (nSPS) is 11.2. The van der Waals surface area contributed by atoms with Gasteiger partial charge >= 0.3 is 0 Å². The third kappa shape index (κ3) is 4.73. The van der Waals surface area contributed by atoms with Crippen molar-refractivity contribution in [2.75, 3.05) is 42.8 Å². The van der Waals surface area contributed by atoms with Crippen LogP contribution in [0.25, 0.3) is 0 Å². The highest BCUT2D eigenvalue weighted by atomic mass is 32.2. The lowest BCUT2D eigenvalue weighted by Gasteiger charge is -2.22. The molecule has 0 aromatic heterocycles. The Hall–Kier alpha value is -1.76. The van der Waals surface area contributed by atoms with E-state index in [1.54, 1.807) is 30.1 Å². The number of anilines is 2. The van der Waals surface area contributed by atoms with E-state index in [-0.39, 0.29) is 11.7 Å². The Labute approximate surface area is 119 Å². The molecule has 0 aliphatic heterocycles. The Balaban J connectivity index is 3.02. The molecule has 0 bridgehead atoms. The number of rotatable bonds is 6. The molecule has 20 heavy (non-hydrogen) atoms. The molecule has 0 aliphatic rings. The Morgan fingerprint density at radius 3 is 2.60 bits per heavy atom. The minimum Gasteiger partial charge on any atom is -0.399 e. The predicted molar refractivity (Wildman–Crippen MR) is 81.8 cm³/mol. The Kier molecular flexibility index (Phi) is 5.38. The van der Waals surface area contributed by atoms with Crippen LogP contribution in [0.1, 0.15) is 17.3 Å². The van der Waals surface area contributed by atoms with E-state index in [0.717, 1.165) is 0 Å². The average molecular weight is 299 g/mol. The van der Waals surface area contributed by atoms with Crippen molar-refractivity contribution in [3.8, 4) is 0 Å². The third-order valence-corrected chi connectivity index (χ3v) is 3.74. The molecule has 3 N–H and O–H groups in total. The zero-order valence-corrected chi connectivity index (χ0v) is 12.8. The molecular weight excluding hydrogens is 278 g/mol. The number of nitrogen functional groups attached to an aromatic ring is 1. The topological polar surface area (TPSA) is 92.5 Å². The molecule has 0 saturated carbocycles. The van der Waals surface area contributed by atoms with Crippen LogP contribution in [0.3, 0.4) is 0 Å². The summed E-state index contributed by atoms with van der Waals surface area (Å²) < 4.78 is 22.4. The van der Waals surface area contributed by atoms with Gasteiger partial charge in [-0.05, 0) is 25.1 Å². The van der Waals surface area contributed by atoms with Crippen molar-refractivity contribution in [1.29, 1.82) is 0 Å². The first kappa shape index (κ1) is 16.3. The van der Waals surface area contributed by atoms with Crippen LogP contribution in [0, 0.1) is 0 Å². The lowest BCUT2D eigenvalue weighted by Crippen LogP contribution is -2.29. The fourth-order valence-electron chi connectivity index (χ4n) is 1.74. The molecule has 0 atom stereocenters. The first-order valence-electron chi connectivity index (χ1n) is 6.31. The summed E-state index contributed by atoms with van der Waals surface area (Å²) in [5, 5.41) is 2.72. The molecule has 1 aromatic rings. The van der Waals surface area contributed by atoms with Gasteiger partial charge in [0.05, 0.1) is 17.0 Å². The molecule has 0 fully saturated rings. The zero-order chi connectivity index (χ0) is 15.3. The van der Waals surface area contributed by atoms with Gasteiger partial charge in [0.1, 0.15) is 9.84 Å². The second kappa shape index (κ2) is 6.60. The molecule has 0 saturated heterocycles. The van der Waals surface area contributed by atoms with E-state index >= 15 is 0 Å². The predicted octanol–water partition coefficient (Wildman–Crippen LogP) is 0.499. The maximum atomic E-state index is 12.0. The van der Waals surface area contributed by atoms with Gasteiger partial charge in [-0.2, -0.15) is 0 Å². The highest BCUT2D eigenvalue weighted by molar-refractivity contribution is 7.90. The van der Waals surface area contributed by atoms with Gasteiger partial charge in [0.15, 0.2) is 0 Å². The van der Waals surface area contributed by atoms with E-state index in [1.165, 1.54) is 6.26 Å². The van der Waals surface area contributed by atoms with E-state index in [0.29, 0.717) is 30.0 Å². The van der Waals surface area contributed by atoms with Gasteiger partial charge in [-0.3, -0.25) is 4.79 Å². The Morgan fingerprint density at radius 2 is 2.05 bits per heavy atom. The van der Waals surface area contributed by atoms with E-state index in [9.17, 15) is 13.2 Å². The number of nitrogens with zero attached hydrogens (tertiary/aromatic N) is 1. The number of carbonyl (C=O) groups is 1. The van der Waals surface area contributed by atoms with E-state index in [4.69, 9.17) is 5.73 Å². The second-order valence-electron chi connectivity index (χ2n) is 4.69. The molecule has 1 rings (SSSR count). The average Bonchev–Trinajstić information content (AvgIpc) is 2.35. The molecule has 112 valence electrons. The summed E-state index contributed by atoms with van der Waals surface area (Å²) in [4.78, 5) is 13.7. The number of hydrogen-bond acceptors (Lipinski definition) is 5. The number of benzene rings is 1.